The summed E-state index contributed by atoms with van der Waals surface area (Å²) in [5.41, 5.74) is 2.03. The summed E-state index contributed by atoms with van der Waals surface area (Å²) in [6.07, 6.45) is 4.13. The molecule has 4 nitrogen and oxygen atoms in total. The van der Waals surface area contributed by atoms with E-state index in [4.69, 9.17) is 0 Å². The second-order valence-electron chi connectivity index (χ2n) is 5.70. The molecule has 3 N–H and O–H groups in total. The van der Waals surface area contributed by atoms with Crippen molar-refractivity contribution in [2.45, 2.75) is 45.3 Å². The van der Waals surface area contributed by atoms with E-state index in [0.717, 1.165) is 38.0 Å². The van der Waals surface area contributed by atoms with Crippen LogP contribution in [0.2, 0.25) is 0 Å². The minimum absolute atomic E-state index is 0.0493. The molecular weight excluding hydrogens is 252 g/mol. The molecule has 1 saturated carbocycles. The van der Waals surface area contributed by atoms with E-state index in [2.05, 4.69) is 10.6 Å². The van der Waals surface area contributed by atoms with Crippen molar-refractivity contribution < 1.29 is 9.90 Å². The maximum atomic E-state index is 10.9. The first kappa shape index (κ1) is 15.0. The zero-order valence-corrected chi connectivity index (χ0v) is 12.1. The zero-order valence-electron chi connectivity index (χ0n) is 12.1. The summed E-state index contributed by atoms with van der Waals surface area (Å²) < 4.78 is 0. The van der Waals surface area contributed by atoms with Crippen LogP contribution in [-0.2, 0) is 11.3 Å². The Balaban J connectivity index is 1.72. The Morgan fingerprint density at radius 1 is 1.30 bits per heavy atom. The second-order valence-corrected chi connectivity index (χ2v) is 5.70. The van der Waals surface area contributed by atoms with Crippen molar-refractivity contribution in [3.8, 4) is 0 Å². The number of aliphatic hydroxyl groups excluding tert-OH is 1. The lowest BCUT2D eigenvalue weighted by molar-refractivity contribution is -0.114. The number of hydrogen-bond donors (Lipinski definition) is 3. The monoisotopic (exact) mass is 276 g/mol. The van der Waals surface area contributed by atoms with Crippen LogP contribution in [0.15, 0.2) is 24.3 Å². The number of anilines is 1. The van der Waals surface area contributed by atoms with Gasteiger partial charge in [-0.3, -0.25) is 4.79 Å². The predicted molar refractivity (Wildman–Crippen MR) is 80.4 cm³/mol. The molecule has 1 amide bonds. The highest BCUT2D eigenvalue weighted by Crippen LogP contribution is 2.23. The first-order valence-corrected chi connectivity index (χ1v) is 7.39. The van der Waals surface area contributed by atoms with Gasteiger partial charge >= 0.3 is 0 Å². The molecule has 1 aliphatic rings. The molecule has 0 aliphatic heterocycles. The minimum Gasteiger partial charge on any atom is -0.393 e. The molecule has 0 heterocycles. The number of nitrogens with one attached hydrogen (secondary N) is 2. The van der Waals surface area contributed by atoms with E-state index in [9.17, 15) is 9.90 Å². The predicted octanol–water partition coefficient (Wildman–Crippen LogP) is 2.29. The molecule has 1 fully saturated rings. The van der Waals surface area contributed by atoms with Crippen LogP contribution in [0.5, 0.6) is 0 Å². The lowest BCUT2D eigenvalue weighted by Crippen LogP contribution is -2.28. The molecular formula is C16H24N2O2. The van der Waals surface area contributed by atoms with E-state index in [0.29, 0.717) is 5.92 Å². The number of rotatable bonds is 5. The summed E-state index contributed by atoms with van der Waals surface area (Å²) in [6, 6.07) is 7.88. The van der Waals surface area contributed by atoms with Gasteiger partial charge in [0.1, 0.15) is 0 Å². The Morgan fingerprint density at radius 2 is 2.05 bits per heavy atom. The van der Waals surface area contributed by atoms with E-state index < -0.39 is 0 Å². The summed E-state index contributed by atoms with van der Waals surface area (Å²) >= 11 is 0. The van der Waals surface area contributed by atoms with Gasteiger partial charge in [0.25, 0.3) is 0 Å². The first-order chi connectivity index (χ1) is 9.63. The summed E-state index contributed by atoms with van der Waals surface area (Å²) in [5, 5.41) is 15.8. The van der Waals surface area contributed by atoms with E-state index in [1.165, 1.54) is 18.9 Å². The third-order valence-corrected chi connectivity index (χ3v) is 3.79. The van der Waals surface area contributed by atoms with Gasteiger partial charge in [0, 0.05) is 19.2 Å². The Bertz CT molecular complexity index is 431. The molecule has 2 atom stereocenters. The van der Waals surface area contributed by atoms with Crippen LogP contribution in [0.25, 0.3) is 0 Å². The highest BCUT2D eigenvalue weighted by Gasteiger charge is 2.19. The van der Waals surface area contributed by atoms with Crippen LogP contribution in [0, 0.1) is 5.92 Å². The van der Waals surface area contributed by atoms with E-state index in [1.54, 1.807) is 0 Å². The fourth-order valence-electron chi connectivity index (χ4n) is 2.78. The molecule has 110 valence electrons. The largest absolute Gasteiger partial charge is 0.393 e. The topological polar surface area (TPSA) is 61.4 Å². The number of carbonyl (C=O) groups excluding carboxylic acids is 1. The van der Waals surface area contributed by atoms with Gasteiger partial charge in [0.2, 0.25) is 5.91 Å². The fraction of sp³-hybridized carbons (Fsp3) is 0.562. The molecule has 0 bridgehead atoms. The van der Waals surface area contributed by atoms with Crippen molar-refractivity contribution in [1.29, 1.82) is 0 Å². The van der Waals surface area contributed by atoms with Crippen molar-refractivity contribution in [3.05, 3.63) is 29.8 Å². The van der Waals surface area contributed by atoms with Crippen LogP contribution in [0.4, 0.5) is 5.69 Å². The molecule has 0 radical (unpaired) electrons. The molecule has 0 saturated heterocycles. The quantitative estimate of drug-likeness (QED) is 0.773. The van der Waals surface area contributed by atoms with Gasteiger partial charge in [-0.05, 0) is 49.4 Å². The molecule has 4 heteroatoms. The lowest BCUT2D eigenvalue weighted by atomic mass is 9.87. The molecule has 0 aromatic heterocycles. The third kappa shape index (κ3) is 4.94. The SMILES string of the molecule is CC(=O)Nc1ccc(CNCC2CCCC(O)C2)cc1. The average Bonchev–Trinajstić information content (AvgIpc) is 2.40. The van der Waals surface area contributed by atoms with Gasteiger partial charge in [0.15, 0.2) is 0 Å². The second kappa shape index (κ2) is 7.41. The zero-order chi connectivity index (χ0) is 14.4. The number of benzene rings is 1. The standard InChI is InChI=1S/C16H24N2O2/c1-12(19)18-15-7-5-13(6-8-15)10-17-11-14-3-2-4-16(20)9-14/h5-8,14,16-17,20H,2-4,9-11H2,1H3,(H,18,19). The molecule has 1 aromatic carbocycles. The van der Waals surface area contributed by atoms with E-state index in [1.807, 2.05) is 24.3 Å². The van der Waals surface area contributed by atoms with Crippen molar-refractivity contribution in [1.82, 2.24) is 5.32 Å². The van der Waals surface area contributed by atoms with Crippen LogP contribution < -0.4 is 10.6 Å². The molecule has 20 heavy (non-hydrogen) atoms. The first-order valence-electron chi connectivity index (χ1n) is 7.39. The highest BCUT2D eigenvalue weighted by atomic mass is 16.3. The Labute approximate surface area is 120 Å². The molecule has 2 unspecified atom stereocenters. The lowest BCUT2D eigenvalue weighted by Gasteiger charge is -2.26. The number of aliphatic hydroxyl groups is 1. The molecule has 0 spiro atoms. The van der Waals surface area contributed by atoms with Crippen LogP contribution in [0.1, 0.15) is 38.2 Å². The van der Waals surface area contributed by atoms with Gasteiger partial charge in [0.05, 0.1) is 6.10 Å². The number of hydrogen-bond acceptors (Lipinski definition) is 3. The van der Waals surface area contributed by atoms with Crippen LogP contribution >= 0.6 is 0 Å². The minimum atomic E-state index is -0.104. The fourth-order valence-corrected chi connectivity index (χ4v) is 2.78. The van der Waals surface area contributed by atoms with Crippen molar-refractivity contribution in [2.75, 3.05) is 11.9 Å². The summed E-state index contributed by atoms with van der Waals surface area (Å²) in [6.45, 7) is 3.30. The molecule has 2 rings (SSSR count). The van der Waals surface area contributed by atoms with Crippen molar-refractivity contribution in [2.24, 2.45) is 5.92 Å². The number of amides is 1. The maximum absolute atomic E-state index is 10.9. The van der Waals surface area contributed by atoms with Gasteiger partial charge in [-0.25, -0.2) is 0 Å². The maximum Gasteiger partial charge on any atom is 0.221 e. The van der Waals surface area contributed by atoms with Crippen molar-refractivity contribution in [3.63, 3.8) is 0 Å². The van der Waals surface area contributed by atoms with Gasteiger partial charge in [-0.15, -0.1) is 0 Å². The highest BCUT2D eigenvalue weighted by molar-refractivity contribution is 5.88. The third-order valence-electron chi connectivity index (χ3n) is 3.79. The summed E-state index contributed by atoms with van der Waals surface area (Å²) in [5.74, 6) is 0.545. The van der Waals surface area contributed by atoms with Crippen LogP contribution in [0.3, 0.4) is 0 Å². The van der Waals surface area contributed by atoms with Gasteiger partial charge in [-0.2, -0.15) is 0 Å². The smallest absolute Gasteiger partial charge is 0.221 e. The van der Waals surface area contributed by atoms with Crippen molar-refractivity contribution >= 4 is 11.6 Å². The van der Waals surface area contributed by atoms with Gasteiger partial charge < -0.3 is 15.7 Å². The summed E-state index contributed by atoms with van der Waals surface area (Å²) in [4.78, 5) is 10.9. The van der Waals surface area contributed by atoms with E-state index >= 15 is 0 Å². The molecule has 1 aromatic rings. The Hall–Kier alpha value is -1.39. The van der Waals surface area contributed by atoms with Crippen LogP contribution in [-0.4, -0.2) is 23.7 Å². The Kier molecular flexibility index (Phi) is 5.56. The summed E-state index contributed by atoms with van der Waals surface area (Å²) in [7, 11) is 0. The van der Waals surface area contributed by atoms with Gasteiger partial charge in [-0.1, -0.05) is 18.6 Å². The Morgan fingerprint density at radius 3 is 2.70 bits per heavy atom. The molecule has 1 aliphatic carbocycles. The number of carbonyl (C=O) groups is 1. The normalized spacial score (nSPS) is 22.5. The average molecular weight is 276 g/mol. The van der Waals surface area contributed by atoms with E-state index in [-0.39, 0.29) is 12.0 Å².